The van der Waals surface area contributed by atoms with E-state index in [1.54, 1.807) is 0 Å². The average molecular weight is 572 g/mol. The van der Waals surface area contributed by atoms with Gasteiger partial charge in [-0.2, -0.15) is 0 Å². The summed E-state index contributed by atoms with van der Waals surface area (Å²) in [6.45, 7) is 0. The molecule has 0 fully saturated rings. The van der Waals surface area contributed by atoms with E-state index < -0.39 is 0 Å². The molecule has 0 saturated carbocycles. The first-order valence-electron chi connectivity index (χ1n) is 15.5. The summed E-state index contributed by atoms with van der Waals surface area (Å²) < 4.78 is 2.41. The Morgan fingerprint density at radius 2 is 0.689 bits per heavy atom. The zero-order valence-electron chi connectivity index (χ0n) is 24.7. The third kappa shape index (κ3) is 4.32. The van der Waals surface area contributed by atoms with Crippen molar-refractivity contribution in [3.05, 3.63) is 176 Å². The van der Waals surface area contributed by atoms with Crippen molar-refractivity contribution in [3.63, 3.8) is 0 Å². The summed E-state index contributed by atoms with van der Waals surface area (Å²) in [6, 6.07) is 64.0. The summed E-state index contributed by atoms with van der Waals surface area (Å²) >= 11 is 0. The molecule has 0 aliphatic rings. The van der Waals surface area contributed by atoms with Crippen molar-refractivity contribution in [2.75, 3.05) is 0 Å². The maximum Gasteiger partial charge on any atom is 0.0541 e. The van der Waals surface area contributed by atoms with Crippen LogP contribution in [0.3, 0.4) is 0 Å². The Morgan fingerprint density at radius 1 is 0.267 bits per heavy atom. The summed E-state index contributed by atoms with van der Waals surface area (Å²) in [5.74, 6) is 0. The molecule has 9 aromatic rings. The Balaban J connectivity index is 1.20. The first-order valence-corrected chi connectivity index (χ1v) is 15.5. The van der Waals surface area contributed by atoms with Gasteiger partial charge in [-0.15, -0.1) is 0 Å². The van der Waals surface area contributed by atoms with E-state index >= 15 is 0 Å². The Hall–Kier alpha value is -5.92. The molecule has 9 rings (SSSR count). The van der Waals surface area contributed by atoms with Gasteiger partial charge in [0.25, 0.3) is 0 Å². The van der Waals surface area contributed by atoms with Crippen LogP contribution in [0.2, 0.25) is 0 Å². The maximum absolute atomic E-state index is 2.41. The van der Waals surface area contributed by atoms with Gasteiger partial charge in [-0.1, -0.05) is 133 Å². The Kier molecular flexibility index (Phi) is 5.89. The highest BCUT2D eigenvalue weighted by Gasteiger charge is 2.15. The molecule has 1 aromatic heterocycles. The molecular formula is C44H29N. The Labute approximate surface area is 262 Å². The van der Waals surface area contributed by atoms with Crippen LogP contribution in [0.25, 0.3) is 82.4 Å². The van der Waals surface area contributed by atoms with Crippen molar-refractivity contribution in [3.8, 4) is 39.1 Å². The molecule has 1 heterocycles. The van der Waals surface area contributed by atoms with Crippen molar-refractivity contribution in [2.45, 2.75) is 0 Å². The quantitative estimate of drug-likeness (QED) is 0.185. The molecule has 45 heavy (non-hydrogen) atoms. The minimum absolute atomic E-state index is 1.16. The number of fused-ring (bicyclic) bond motifs is 6. The fourth-order valence-electron chi connectivity index (χ4n) is 6.91. The molecule has 0 atom stereocenters. The third-order valence-electron chi connectivity index (χ3n) is 9.18. The lowest BCUT2D eigenvalue weighted by molar-refractivity contribution is 1.18. The highest BCUT2D eigenvalue weighted by atomic mass is 15.0. The molecule has 0 saturated heterocycles. The van der Waals surface area contributed by atoms with E-state index in [2.05, 4.69) is 180 Å². The lowest BCUT2D eigenvalue weighted by Gasteiger charge is -2.11. The predicted molar refractivity (Wildman–Crippen MR) is 192 cm³/mol. The van der Waals surface area contributed by atoms with E-state index in [0.29, 0.717) is 0 Å². The third-order valence-corrected chi connectivity index (χ3v) is 9.18. The van der Waals surface area contributed by atoms with E-state index in [-0.39, 0.29) is 0 Å². The Morgan fingerprint density at radius 3 is 1.29 bits per heavy atom. The van der Waals surface area contributed by atoms with E-state index in [4.69, 9.17) is 0 Å². The van der Waals surface area contributed by atoms with Gasteiger partial charge in [-0.3, -0.25) is 0 Å². The summed E-state index contributed by atoms with van der Waals surface area (Å²) in [7, 11) is 0. The maximum atomic E-state index is 2.41. The summed E-state index contributed by atoms with van der Waals surface area (Å²) in [4.78, 5) is 0. The number of aromatic nitrogens is 1. The van der Waals surface area contributed by atoms with Crippen LogP contribution in [0.15, 0.2) is 176 Å². The van der Waals surface area contributed by atoms with E-state index in [0.717, 1.165) is 5.69 Å². The van der Waals surface area contributed by atoms with Gasteiger partial charge in [0.1, 0.15) is 0 Å². The second kappa shape index (κ2) is 10.4. The van der Waals surface area contributed by atoms with Gasteiger partial charge in [0.05, 0.1) is 11.0 Å². The fraction of sp³-hybridized carbons (Fsp3) is 0. The van der Waals surface area contributed by atoms with Gasteiger partial charge in [-0.05, 0) is 97.4 Å². The number of hydrogen-bond acceptors (Lipinski definition) is 0. The predicted octanol–water partition coefficient (Wildman–Crippen LogP) is 12.1. The largest absolute Gasteiger partial charge is 0.309 e. The van der Waals surface area contributed by atoms with Crippen LogP contribution in [0.4, 0.5) is 0 Å². The molecule has 0 radical (unpaired) electrons. The van der Waals surface area contributed by atoms with E-state index in [1.165, 1.54) is 76.7 Å². The van der Waals surface area contributed by atoms with Crippen LogP contribution in [0.1, 0.15) is 0 Å². The molecule has 0 bridgehead atoms. The molecule has 0 aliphatic carbocycles. The standard InChI is InChI=1S/C44H29N/c1-3-9-30(10-4-1)36-21-25-43-41(28-36)42-29-37(31-11-5-2-6-12-31)22-26-44(42)45(43)38-23-19-32(20-24-38)35-18-17-34-16-15-33-13-7-8-14-39(33)40(34)27-35/h1-29H. The van der Waals surface area contributed by atoms with Gasteiger partial charge in [0.15, 0.2) is 0 Å². The molecule has 8 aromatic carbocycles. The lowest BCUT2D eigenvalue weighted by Crippen LogP contribution is -1.94. The molecular weight excluding hydrogens is 542 g/mol. The van der Waals surface area contributed by atoms with Crippen LogP contribution in [0, 0.1) is 0 Å². The SMILES string of the molecule is c1ccc(-c2ccc3c(c2)c2cc(-c4ccccc4)ccc2n3-c2ccc(-c3ccc4ccc5ccccc5c4c3)cc2)cc1. The molecule has 0 spiro atoms. The number of rotatable bonds is 4. The van der Waals surface area contributed by atoms with Crippen LogP contribution >= 0.6 is 0 Å². The summed E-state index contributed by atoms with van der Waals surface area (Å²) in [5.41, 5.74) is 10.9. The highest BCUT2D eigenvalue weighted by Crippen LogP contribution is 2.38. The van der Waals surface area contributed by atoms with Crippen LogP contribution in [0.5, 0.6) is 0 Å². The minimum atomic E-state index is 1.16. The van der Waals surface area contributed by atoms with Crippen molar-refractivity contribution in [1.29, 1.82) is 0 Å². The van der Waals surface area contributed by atoms with Gasteiger partial charge in [0, 0.05) is 16.5 Å². The van der Waals surface area contributed by atoms with Crippen LogP contribution < -0.4 is 0 Å². The molecule has 0 amide bonds. The normalized spacial score (nSPS) is 11.6. The number of nitrogens with zero attached hydrogens (tertiary/aromatic N) is 1. The summed E-state index contributed by atoms with van der Waals surface area (Å²) in [6.07, 6.45) is 0. The highest BCUT2D eigenvalue weighted by molar-refractivity contribution is 6.12. The smallest absolute Gasteiger partial charge is 0.0541 e. The van der Waals surface area contributed by atoms with Crippen LogP contribution in [-0.4, -0.2) is 4.57 Å². The molecule has 0 unspecified atom stereocenters. The molecule has 210 valence electrons. The van der Waals surface area contributed by atoms with Gasteiger partial charge < -0.3 is 4.57 Å². The first kappa shape index (κ1) is 25.6. The average Bonchev–Trinajstić information content (AvgIpc) is 3.45. The molecule has 1 heteroatoms. The van der Waals surface area contributed by atoms with Gasteiger partial charge >= 0.3 is 0 Å². The van der Waals surface area contributed by atoms with Crippen molar-refractivity contribution in [2.24, 2.45) is 0 Å². The summed E-state index contributed by atoms with van der Waals surface area (Å²) in [5, 5.41) is 7.65. The first-order chi connectivity index (χ1) is 22.3. The topological polar surface area (TPSA) is 4.93 Å². The Bertz CT molecular complexity index is 2410. The molecule has 0 aliphatic heterocycles. The van der Waals surface area contributed by atoms with Gasteiger partial charge in [-0.25, -0.2) is 0 Å². The van der Waals surface area contributed by atoms with Crippen molar-refractivity contribution >= 4 is 43.4 Å². The molecule has 0 N–H and O–H groups in total. The minimum Gasteiger partial charge on any atom is -0.309 e. The van der Waals surface area contributed by atoms with Crippen molar-refractivity contribution < 1.29 is 0 Å². The van der Waals surface area contributed by atoms with Crippen LogP contribution in [-0.2, 0) is 0 Å². The van der Waals surface area contributed by atoms with E-state index in [1.807, 2.05) is 0 Å². The zero-order valence-corrected chi connectivity index (χ0v) is 24.7. The van der Waals surface area contributed by atoms with Crippen molar-refractivity contribution in [1.82, 2.24) is 4.57 Å². The number of hydrogen-bond donors (Lipinski definition) is 0. The molecule has 1 nitrogen and oxygen atoms in total. The van der Waals surface area contributed by atoms with Gasteiger partial charge in [0.2, 0.25) is 0 Å². The second-order valence-electron chi connectivity index (χ2n) is 11.8. The van der Waals surface area contributed by atoms with E-state index in [9.17, 15) is 0 Å². The zero-order chi connectivity index (χ0) is 29.7. The monoisotopic (exact) mass is 571 g/mol. The fourth-order valence-corrected chi connectivity index (χ4v) is 6.91. The second-order valence-corrected chi connectivity index (χ2v) is 11.8. The lowest BCUT2D eigenvalue weighted by atomic mass is 9.97. The number of benzene rings is 8.